The van der Waals surface area contributed by atoms with Crippen LogP contribution >= 0.6 is 0 Å². The number of ether oxygens (including phenoxy) is 3. The maximum Gasteiger partial charge on any atom is 0.338 e. The summed E-state index contributed by atoms with van der Waals surface area (Å²) in [5.41, 5.74) is 4.96. The summed E-state index contributed by atoms with van der Waals surface area (Å²) in [4.78, 5) is 73.2. The Labute approximate surface area is 495 Å². The van der Waals surface area contributed by atoms with E-state index < -0.39 is 45.4 Å². The fraction of sp³-hybridized carbons (Fsp3) is 0.0645. The summed E-state index contributed by atoms with van der Waals surface area (Å²) in [6.45, 7) is 0.899. The maximum atomic E-state index is 12.4. The molecule has 0 saturated heterocycles. The quantitative estimate of drug-likeness (QED) is 0.0165. The molecule has 0 aliphatic rings. The van der Waals surface area contributed by atoms with Gasteiger partial charge >= 0.3 is 24.1 Å². The van der Waals surface area contributed by atoms with E-state index in [1.165, 1.54) is 43.5 Å². The number of esters is 1. The Hall–Kier alpha value is -12.7. The van der Waals surface area contributed by atoms with Crippen LogP contribution in [0.2, 0.25) is 0 Å². The molecule has 9 aromatic rings. The number of para-hydroxylation sites is 6. The number of hydrogen-bond donors (Lipinski definition) is 10. The standard InChI is InChI=1S/C22H19N3O7.C21H18N4O2.C19H16N4O5/c1-31-21(27)16-7-3-2-6-14(16)13-32-20-9-5-4-8-18(20)24-22(28)23-17-11-10-15(25(29)30)12-19(17)26;22-13-16-10-11-19(20(26)12-16)25-21(27)24-18-9-5-4-8-17(18)23-14-15-6-2-1-3-7-15;24-17-11-14(23(26)27)8-9-15(17)21-19(25)22-16-6-1-2-7-18(16)28-12-13-5-3-4-10-20-13/h2-12,26H,13H2,1H3,(H2,23,24,28);1-12,23,26H,14H2,(H2,24,25,27);1-11,24H,12H2,(H2,21,22,25). The van der Waals surface area contributed by atoms with Gasteiger partial charge in [-0.15, -0.1) is 0 Å². The van der Waals surface area contributed by atoms with E-state index >= 15 is 0 Å². The predicted molar refractivity (Wildman–Crippen MR) is 324 cm³/mol. The lowest BCUT2D eigenvalue weighted by Crippen LogP contribution is -2.20. The van der Waals surface area contributed by atoms with Crippen molar-refractivity contribution in [2.45, 2.75) is 19.8 Å². The number of urea groups is 3. The van der Waals surface area contributed by atoms with Crippen molar-refractivity contribution in [3.8, 4) is 34.8 Å². The van der Waals surface area contributed by atoms with Gasteiger partial charge < -0.3 is 66.7 Å². The molecule has 25 nitrogen and oxygen atoms in total. The molecule has 0 aliphatic carbocycles. The minimum Gasteiger partial charge on any atom is -0.506 e. The number of nitrogens with zero attached hydrogens (tertiary/aromatic N) is 4. The number of phenolic OH excluding ortho intramolecular Hbond substituents is 3. The Morgan fingerprint density at radius 3 is 1.46 bits per heavy atom. The van der Waals surface area contributed by atoms with E-state index in [0.717, 1.165) is 35.1 Å². The topological polar surface area (TPSA) is 364 Å². The lowest BCUT2D eigenvalue weighted by atomic mass is 10.1. The lowest BCUT2D eigenvalue weighted by molar-refractivity contribution is -0.385. The molecule has 1 heterocycles. The lowest BCUT2D eigenvalue weighted by Gasteiger charge is -2.14. The summed E-state index contributed by atoms with van der Waals surface area (Å²) in [5, 5.41) is 78.6. The second kappa shape index (κ2) is 30.9. The Bertz CT molecular complexity index is 3940. The number of non-ortho nitro benzene ring substituents is 2. The summed E-state index contributed by atoms with van der Waals surface area (Å²) in [5.74, 6) is -0.730. The second-order valence-electron chi connectivity index (χ2n) is 17.9. The summed E-state index contributed by atoms with van der Waals surface area (Å²) in [6.07, 6.45) is 1.66. The number of phenols is 3. The van der Waals surface area contributed by atoms with Crippen LogP contribution < -0.4 is 46.7 Å². The third-order valence-electron chi connectivity index (χ3n) is 11.9. The van der Waals surface area contributed by atoms with Gasteiger partial charge in [0.2, 0.25) is 0 Å². The van der Waals surface area contributed by atoms with Crippen LogP contribution in [-0.2, 0) is 24.5 Å². The van der Waals surface area contributed by atoms with Gasteiger partial charge in [-0.1, -0.05) is 91.0 Å². The Morgan fingerprint density at radius 2 is 0.954 bits per heavy atom. The highest BCUT2D eigenvalue weighted by atomic mass is 16.6. The average molecular weight is 1180 g/mol. The van der Waals surface area contributed by atoms with Gasteiger partial charge in [-0.3, -0.25) is 25.2 Å². The highest BCUT2D eigenvalue weighted by Crippen LogP contribution is 2.32. The largest absolute Gasteiger partial charge is 0.506 e. The van der Waals surface area contributed by atoms with Gasteiger partial charge in [0.05, 0.1) is 91.8 Å². The summed E-state index contributed by atoms with van der Waals surface area (Å²) < 4.78 is 16.3. The molecule has 0 atom stereocenters. The molecule has 10 N–H and O–H groups in total. The van der Waals surface area contributed by atoms with Crippen molar-refractivity contribution in [3.05, 3.63) is 255 Å². The van der Waals surface area contributed by atoms with Crippen molar-refractivity contribution in [2.75, 3.05) is 44.3 Å². The number of aromatic nitrogens is 1. The molecule has 0 unspecified atom stereocenters. The Morgan fingerprint density at radius 1 is 0.506 bits per heavy atom. The monoisotopic (exact) mass is 1180 g/mol. The molecule has 1 aromatic heterocycles. The number of hydrogen-bond acceptors (Lipinski definition) is 17. The molecular formula is C62H53N11O14. The number of methoxy groups -OCH3 is 1. The smallest absolute Gasteiger partial charge is 0.338 e. The number of benzene rings is 8. The minimum atomic E-state index is -0.694. The van der Waals surface area contributed by atoms with Gasteiger partial charge in [-0.25, -0.2) is 19.2 Å². The first-order valence-electron chi connectivity index (χ1n) is 25.9. The molecule has 0 fully saturated rings. The van der Waals surface area contributed by atoms with Crippen molar-refractivity contribution in [3.63, 3.8) is 0 Å². The number of nitro groups is 2. The van der Waals surface area contributed by atoms with Crippen LogP contribution in [0.1, 0.15) is 32.7 Å². The van der Waals surface area contributed by atoms with Crippen LogP contribution in [0, 0.1) is 31.6 Å². The third kappa shape index (κ3) is 18.7. The van der Waals surface area contributed by atoms with Gasteiger partial charge in [-0.2, -0.15) is 5.26 Å². The van der Waals surface area contributed by atoms with Gasteiger partial charge in [0.25, 0.3) is 11.4 Å². The molecule has 0 spiro atoms. The van der Waals surface area contributed by atoms with Crippen LogP contribution in [0.3, 0.4) is 0 Å². The molecule has 9 rings (SSSR count). The molecule has 0 saturated carbocycles. The molecule has 8 aromatic carbocycles. The molecule has 6 amide bonds. The Balaban J connectivity index is 0.000000187. The van der Waals surface area contributed by atoms with Crippen LogP contribution in [0.4, 0.5) is 65.6 Å². The molecule has 25 heteroatoms. The first-order chi connectivity index (χ1) is 42.1. The Kier molecular flexibility index (Phi) is 22.0. The van der Waals surface area contributed by atoms with Gasteiger partial charge in [0.15, 0.2) is 0 Å². The zero-order valence-electron chi connectivity index (χ0n) is 45.9. The third-order valence-corrected chi connectivity index (χ3v) is 11.9. The predicted octanol–water partition coefficient (Wildman–Crippen LogP) is 12.7. The number of rotatable bonds is 18. The van der Waals surface area contributed by atoms with Crippen molar-refractivity contribution in [2.24, 2.45) is 0 Å². The fourth-order valence-electron chi connectivity index (χ4n) is 7.69. The van der Waals surface area contributed by atoms with E-state index in [-0.39, 0.29) is 47.4 Å². The van der Waals surface area contributed by atoms with Crippen molar-refractivity contribution < 1.29 is 58.6 Å². The van der Waals surface area contributed by atoms with E-state index in [4.69, 9.17) is 19.5 Å². The van der Waals surface area contributed by atoms with Gasteiger partial charge in [0.1, 0.15) is 42.0 Å². The number of carbonyl (C=O) groups excluding carboxylic acids is 4. The zero-order chi connectivity index (χ0) is 62.1. The molecule has 87 heavy (non-hydrogen) atoms. The summed E-state index contributed by atoms with van der Waals surface area (Å²) in [6, 6.07) is 54.2. The molecule has 440 valence electrons. The average Bonchev–Trinajstić information content (AvgIpc) is 3.67. The minimum absolute atomic E-state index is 0.00138. The maximum absolute atomic E-state index is 12.4. The number of anilines is 7. The van der Waals surface area contributed by atoms with Crippen molar-refractivity contribution >= 4 is 75.2 Å². The van der Waals surface area contributed by atoms with Crippen LogP contribution in [0.5, 0.6) is 28.7 Å². The number of nitriles is 1. The van der Waals surface area contributed by atoms with E-state index in [9.17, 15) is 54.7 Å². The van der Waals surface area contributed by atoms with Crippen LogP contribution in [0.25, 0.3) is 0 Å². The first kappa shape index (κ1) is 61.9. The highest BCUT2D eigenvalue weighted by molar-refractivity contribution is 6.03. The van der Waals surface area contributed by atoms with E-state index in [1.807, 2.05) is 66.7 Å². The zero-order valence-corrected chi connectivity index (χ0v) is 45.9. The van der Waals surface area contributed by atoms with Crippen molar-refractivity contribution in [1.82, 2.24) is 4.98 Å². The summed E-state index contributed by atoms with van der Waals surface area (Å²) in [7, 11) is 1.29. The van der Waals surface area contributed by atoms with Crippen LogP contribution in [-0.4, -0.2) is 61.3 Å². The van der Waals surface area contributed by atoms with E-state index in [0.29, 0.717) is 51.8 Å². The molecular weight excluding hydrogens is 1120 g/mol. The first-order valence-corrected chi connectivity index (χ1v) is 25.9. The molecule has 0 bridgehead atoms. The van der Waals surface area contributed by atoms with E-state index in [2.05, 4.69) is 42.2 Å². The fourth-order valence-corrected chi connectivity index (χ4v) is 7.69. The molecule has 0 aliphatic heterocycles. The second-order valence-corrected chi connectivity index (χ2v) is 17.9. The number of aromatic hydroxyl groups is 3. The van der Waals surface area contributed by atoms with E-state index in [1.54, 1.807) is 91.1 Å². The number of nitro benzene ring substituents is 2. The summed E-state index contributed by atoms with van der Waals surface area (Å²) >= 11 is 0. The SMILES string of the molecule is COC(=O)c1ccccc1COc1ccccc1NC(=O)Nc1ccc([N+](=O)[O-])cc1O.N#Cc1ccc(NC(=O)Nc2ccccc2NCc2ccccc2)c(O)c1.O=C(Nc1ccc([N+](=O)[O-])cc1O)Nc1ccccc1OCc1ccccn1. The van der Waals surface area contributed by atoms with Gasteiger partial charge in [-0.05, 0) is 90.5 Å². The number of amides is 6. The highest BCUT2D eigenvalue weighted by Gasteiger charge is 2.18. The normalized spacial score (nSPS) is 10.1. The van der Waals surface area contributed by atoms with Crippen molar-refractivity contribution in [1.29, 1.82) is 5.26 Å². The van der Waals surface area contributed by atoms with Crippen LogP contribution in [0.15, 0.2) is 206 Å². The van der Waals surface area contributed by atoms with Gasteiger partial charge in [0, 0.05) is 30.4 Å². The number of pyridine rings is 1. The number of nitrogens with one attached hydrogen (secondary N) is 7. The number of carbonyl (C=O) groups is 4. The molecule has 0 radical (unpaired) electrons.